The normalized spacial score (nSPS) is 10.2. The molecule has 0 aliphatic carbocycles. The van der Waals surface area contributed by atoms with Crippen LogP contribution in [-0.4, -0.2) is 26.8 Å². The first kappa shape index (κ1) is 13.2. The van der Waals surface area contributed by atoms with E-state index < -0.39 is 5.97 Å². The Hall–Kier alpha value is -1.85. The van der Waals surface area contributed by atoms with Crippen LogP contribution in [0.2, 0.25) is 0 Å². The van der Waals surface area contributed by atoms with Crippen LogP contribution in [0.1, 0.15) is 31.0 Å². The fourth-order valence-electron chi connectivity index (χ4n) is 1.53. The van der Waals surface area contributed by atoms with Gasteiger partial charge in [-0.15, -0.1) is 0 Å². The van der Waals surface area contributed by atoms with Crippen LogP contribution in [0.3, 0.4) is 0 Å². The molecule has 2 N–H and O–H groups in total. The summed E-state index contributed by atoms with van der Waals surface area (Å²) in [5, 5.41) is 15.4. The molecule has 0 atom stereocenters. The van der Waals surface area contributed by atoms with Crippen LogP contribution in [-0.2, 0) is 29.6 Å². The lowest BCUT2D eigenvalue weighted by molar-refractivity contribution is -0.138. The summed E-state index contributed by atoms with van der Waals surface area (Å²) in [6.45, 7) is 2.40. The van der Waals surface area contributed by atoms with Crippen molar-refractivity contribution in [1.82, 2.24) is 15.1 Å². The smallest absolute Gasteiger partial charge is 0.303 e. The summed E-state index contributed by atoms with van der Waals surface area (Å²) in [5.74, 6) is -1.21. The third-order valence-electron chi connectivity index (χ3n) is 2.37. The van der Waals surface area contributed by atoms with Gasteiger partial charge in [-0.2, -0.15) is 5.10 Å². The number of hydrogen-bond donors (Lipinski definition) is 2. The van der Waals surface area contributed by atoms with Crippen molar-refractivity contribution in [2.45, 2.75) is 32.7 Å². The zero-order chi connectivity index (χ0) is 12.8. The van der Waals surface area contributed by atoms with Gasteiger partial charge < -0.3 is 10.4 Å². The molecular formula is C11H17N3O3. The molecule has 6 heteroatoms. The van der Waals surface area contributed by atoms with E-state index in [0.717, 1.165) is 17.7 Å². The number of nitrogens with one attached hydrogen (secondary N) is 1. The minimum atomic E-state index is -0.962. The molecule has 0 aliphatic rings. The number of carbonyl (C=O) groups is 2. The van der Waals surface area contributed by atoms with Gasteiger partial charge in [-0.1, -0.05) is 6.92 Å². The first-order valence-electron chi connectivity index (χ1n) is 5.52. The Balaban J connectivity index is 2.44. The molecule has 6 nitrogen and oxygen atoms in total. The molecule has 1 amide bonds. The van der Waals surface area contributed by atoms with Crippen molar-refractivity contribution in [3.8, 4) is 0 Å². The quantitative estimate of drug-likeness (QED) is 0.755. The molecule has 1 aromatic rings. The standard InChI is InChI=1S/C11H17N3O3/c1-3-9-8(7-14(2)13-9)6-12-10(15)4-5-11(16)17/h7H,3-6H2,1-2H3,(H,12,15)(H,16,17). The van der Waals surface area contributed by atoms with E-state index in [4.69, 9.17) is 5.11 Å². The Morgan fingerprint density at radius 1 is 1.47 bits per heavy atom. The molecule has 0 radical (unpaired) electrons. The highest BCUT2D eigenvalue weighted by atomic mass is 16.4. The molecule has 0 saturated heterocycles. The monoisotopic (exact) mass is 239 g/mol. The fourth-order valence-corrected chi connectivity index (χ4v) is 1.53. The molecule has 0 aromatic carbocycles. The number of carboxylic acids is 1. The van der Waals surface area contributed by atoms with Gasteiger partial charge in [0, 0.05) is 31.8 Å². The van der Waals surface area contributed by atoms with Gasteiger partial charge in [0.25, 0.3) is 0 Å². The van der Waals surface area contributed by atoms with Gasteiger partial charge in [-0.05, 0) is 6.42 Å². The highest BCUT2D eigenvalue weighted by molar-refractivity contribution is 5.80. The van der Waals surface area contributed by atoms with Crippen LogP contribution < -0.4 is 5.32 Å². The van der Waals surface area contributed by atoms with Gasteiger partial charge in [0.2, 0.25) is 5.91 Å². The van der Waals surface area contributed by atoms with Crippen molar-refractivity contribution < 1.29 is 14.7 Å². The van der Waals surface area contributed by atoms with Crippen LogP contribution in [0.25, 0.3) is 0 Å². The van der Waals surface area contributed by atoms with Gasteiger partial charge in [0.1, 0.15) is 0 Å². The number of amides is 1. The number of aromatic nitrogens is 2. The van der Waals surface area contributed by atoms with Crippen molar-refractivity contribution in [1.29, 1.82) is 0 Å². The van der Waals surface area contributed by atoms with Crippen molar-refractivity contribution >= 4 is 11.9 Å². The highest BCUT2D eigenvalue weighted by Crippen LogP contribution is 2.06. The number of carboxylic acid groups (broad SMARTS) is 1. The van der Waals surface area contributed by atoms with Crippen molar-refractivity contribution in [2.75, 3.05) is 0 Å². The highest BCUT2D eigenvalue weighted by Gasteiger charge is 2.08. The van der Waals surface area contributed by atoms with Gasteiger partial charge in [-0.25, -0.2) is 0 Å². The molecule has 94 valence electrons. The summed E-state index contributed by atoms with van der Waals surface area (Å²) in [6.07, 6.45) is 2.54. The maximum atomic E-state index is 11.3. The first-order valence-corrected chi connectivity index (χ1v) is 5.52. The number of hydrogen-bond acceptors (Lipinski definition) is 3. The maximum Gasteiger partial charge on any atom is 0.303 e. The lowest BCUT2D eigenvalue weighted by Crippen LogP contribution is -2.23. The summed E-state index contributed by atoms with van der Waals surface area (Å²) in [5.41, 5.74) is 1.92. The predicted molar refractivity (Wildman–Crippen MR) is 61.3 cm³/mol. The van der Waals surface area contributed by atoms with E-state index >= 15 is 0 Å². The van der Waals surface area contributed by atoms with Gasteiger partial charge >= 0.3 is 5.97 Å². The van der Waals surface area contributed by atoms with E-state index in [2.05, 4.69) is 10.4 Å². The zero-order valence-corrected chi connectivity index (χ0v) is 10.1. The lowest BCUT2D eigenvalue weighted by atomic mass is 10.2. The Morgan fingerprint density at radius 2 is 2.18 bits per heavy atom. The maximum absolute atomic E-state index is 11.3. The summed E-state index contributed by atoms with van der Waals surface area (Å²) in [4.78, 5) is 21.6. The van der Waals surface area contributed by atoms with E-state index in [1.807, 2.05) is 20.2 Å². The van der Waals surface area contributed by atoms with Crippen LogP contribution in [0.5, 0.6) is 0 Å². The molecule has 1 heterocycles. The first-order chi connectivity index (χ1) is 8.02. The Kier molecular flexibility index (Phi) is 4.68. The van der Waals surface area contributed by atoms with Gasteiger partial charge in [0.15, 0.2) is 0 Å². The molecular weight excluding hydrogens is 222 g/mol. The Labute approximate surface area is 99.6 Å². The zero-order valence-electron chi connectivity index (χ0n) is 10.1. The third-order valence-corrected chi connectivity index (χ3v) is 2.37. The number of nitrogens with zero attached hydrogens (tertiary/aromatic N) is 2. The second kappa shape index (κ2) is 6.03. The minimum Gasteiger partial charge on any atom is -0.481 e. The van der Waals surface area contributed by atoms with E-state index in [9.17, 15) is 9.59 Å². The molecule has 1 rings (SSSR count). The van der Waals surface area contributed by atoms with Crippen molar-refractivity contribution in [2.24, 2.45) is 7.05 Å². The number of aryl methyl sites for hydroxylation is 2. The summed E-state index contributed by atoms with van der Waals surface area (Å²) in [6, 6.07) is 0. The summed E-state index contributed by atoms with van der Waals surface area (Å²) >= 11 is 0. The average molecular weight is 239 g/mol. The topological polar surface area (TPSA) is 84.2 Å². The lowest BCUT2D eigenvalue weighted by Gasteiger charge is -2.03. The van der Waals surface area contributed by atoms with Crippen molar-refractivity contribution in [3.63, 3.8) is 0 Å². The number of carbonyl (C=O) groups excluding carboxylic acids is 1. The molecule has 0 saturated carbocycles. The molecule has 0 spiro atoms. The van der Waals surface area contributed by atoms with Crippen molar-refractivity contribution in [3.05, 3.63) is 17.5 Å². The Morgan fingerprint density at radius 3 is 2.76 bits per heavy atom. The second-order valence-electron chi connectivity index (χ2n) is 3.80. The van der Waals surface area contributed by atoms with Crippen LogP contribution in [0.4, 0.5) is 0 Å². The molecule has 0 fully saturated rings. The van der Waals surface area contributed by atoms with Crippen LogP contribution in [0.15, 0.2) is 6.20 Å². The minimum absolute atomic E-state index is 0.0110. The SMILES string of the molecule is CCc1nn(C)cc1CNC(=O)CCC(=O)O. The molecule has 1 aromatic heterocycles. The van der Waals surface area contributed by atoms with E-state index in [-0.39, 0.29) is 18.7 Å². The van der Waals surface area contributed by atoms with Crippen LogP contribution >= 0.6 is 0 Å². The molecule has 17 heavy (non-hydrogen) atoms. The largest absolute Gasteiger partial charge is 0.481 e. The number of rotatable bonds is 6. The fraction of sp³-hybridized carbons (Fsp3) is 0.545. The summed E-state index contributed by atoms with van der Waals surface area (Å²) < 4.78 is 1.71. The van der Waals surface area contributed by atoms with Gasteiger partial charge in [-0.3, -0.25) is 14.3 Å². The van der Waals surface area contributed by atoms with E-state index in [1.165, 1.54) is 0 Å². The molecule has 0 unspecified atom stereocenters. The molecule has 0 bridgehead atoms. The third kappa shape index (κ3) is 4.26. The Bertz CT molecular complexity index is 412. The van der Waals surface area contributed by atoms with E-state index in [0.29, 0.717) is 6.54 Å². The average Bonchev–Trinajstić information content (AvgIpc) is 2.64. The summed E-state index contributed by atoms with van der Waals surface area (Å²) in [7, 11) is 1.83. The predicted octanol–water partition coefficient (Wildman–Crippen LogP) is 0.463. The van der Waals surface area contributed by atoms with Crippen LogP contribution in [0, 0.1) is 0 Å². The molecule has 0 aliphatic heterocycles. The van der Waals surface area contributed by atoms with Gasteiger partial charge in [0.05, 0.1) is 12.1 Å². The second-order valence-corrected chi connectivity index (χ2v) is 3.80. The number of aliphatic carboxylic acids is 1. The van der Waals surface area contributed by atoms with E-state index in [1.54, 1.807) is 4.68 Å².